The maximum Gasteiger partial charge on any atom is 0.306 e. The fourth-order valence-corrected chi connectivity index (χ4v) is 9.85. The van der Waals surface area contributed by atoms with Crippen molar-refractivity contribution in [1.29, 1.82) is 0 Å². The molecule has 0 aliphatic heterocycles. The molecule has 0 aliphatic rings. The highest BCUT2D eigenvalue weighted by Crippen LogP contribution is 2.29. The molecule has 19 nitrogen and oxygen atoms in total. The average molecular weight is 1480 g/mol. The summed E-state index contributed by atoms with van der Waals surface area (Å²) in [5.41, 5.74) is 5.53. The Kier molecular flexibility index (Phi) is 41.9. The first-order valence-electron chi connectivity index (χ1n) is 35.2. The van der Waals surface area contributed by atoms with Crippen LogP contribution in [0.4, 0.5) is 0 Å². The average Bonchev–Trinajstić information content (AvgIpc) is 1.02. The molecule has 0 spiro atoms. The van der Waals surface area contributed by atoms with Crippen LogP contribution in [0.2, 0.25) is 0 Å². The number of halogens is 1. The molecule has 6 aromatic heterocycles. The van der Waals surface area contributed by atoms with Crippen LogP contribution in [0.3, 0.4) is 0 Å². The number of hydrogen-bond acceptors (Lipinski definition) is 20. The number of ether oxygens (including phenoxy) is 6. The smallest absolute Gasteiger partial charge is 0.306 e. The number of pyridine rings is 5. The van der Waals surface area contributed by atoms with E-state index in [9.17, 15) is 24.0 Å². The lowest BCUT2D eigenvalue weighted by Crippen LogP contribution is -2.24. The second-order valence-corrected chi connectivity index (χ2v) is 31.4. The Morgan fingerprint density at radius 3 is 1.12 bits per heavy atom. The van der Waals surface area contributed by atoms with Crippen LogP contribution >= 0.6 is 27.7 Å². The van der Waals surface area contributed by atoms with Crippen molar-refractivity contribution in [2.45, 2.75) is 248 Å². The largest absolute Gasteiger partial charge is 0.481 e. The number of esters is 4. The van der Waals surface area contributed by atoms with Gasteiger partial charge in [-0.25, -0.2) is 19.9 Å². The zero-order valence-electron chi connectivity index (χ0n) is 64.2. The Balaban J connectivity index is 0.000000445. The number of aldehydes is 1. The predicted octanol–water partition coefficient (Wildman–Crippen LogP) is 17.9. The summed E-state index contributed by atoms with van der Waals surface area (Å²) in [6.45, 7) is 32.8. The minimum absolute atomic E-state index is 0.0625. The molecule has 21 heteroatoms. The fourth-order valence-electron chi connectivity index (χ4n) is 9.30. The Hall–Kier alpha value is -7.23. The Morgan fingerprint density at radius 1 is 0.455 bits per heavy atom. The van der Waals surface area contributed by atoms with Crippen LogP contribution in [0.25, 0.3) is 22.3 Å². The van der Waals surface area contributed by atoms with Gasteiger partial charge in [-0.05, 0) is 248 Å². The normalized spacial score (nSPS) is 12.8. The van der Waals surface area contributed by atoms with E-state index >= 15 is 0 Å². The Morgan fingerprint density at radius 2 is 0.802 bits per heavy atom. The van der Waals surface area contributed by atoms with Gasteiger partial charge in [0.15, 0.2) is 0 Å². The molecule has 0 saturated carbocycles. The van der Waals surface area contributed by atoms with E-state index in [1.54, 1.807) is 45.3 Å². The molecule has 5 atom stereocenters. The summed E-state index contributed by atoms with van der Waals surface area (Å²) in [7, 11) is 3.25. The second-order valence-electron chi connectivity index (χ2n) is 29.6. The van der Waals surface area contributed by atoms with Crippen LogP contribution in [0.5, 0.6) is 11.8 Å². The molecule has 0 bridgehead atoms. The van der Waals surface area contributed by atoms with E-state index in [2.05, 4.69) is 83.7 Å². The van der Waals surface area contributed by atoms with Crippen molar-refractivity contribution in [3.05, 3.63) is 131 Å². The van der Waals surface area contributed by atoms with Crippen molar-refractivity contribution in [3.63, 3.8) is 0 Å². The van der Waals surface area contributed by atoms with E-state index in [0.717, 1.165) is 125 Å². The highest BCUT2D eigenvalue weighted by molar-refractivity contribution is 9.10. The van der Waals surface area contributed by atoms with E-state index < -0.39 is 16.8 Å². The third-order valence-electron chi connectivity index (χ3n) is 15.0. The first-order chi connectivity index (χ1) is 47.4. The molecule has 6 aromatic rings. The monoisotopic (exact) mass is 1480 g/mol. The molecular formula is C80H118BrN7O12S. The fraction of sp³-hybridized carbons (Fsp3) is 0.575. The van der Waals surface area contributed by atoms with Gasteiger partial charge in [-0.1, -0.05) is 46.8 Å². The summed E-state index contributed by atoms with van der Waals surface area (Å²) in [6.07, 6.45) is 28.3. The topological polar surface area (TPSA) is 251 Å². The maximum absolute atomic E-state index is 11.8. The number of carbonyl (C=O) groups is 5. The van der Waals surface area contributed by atoms with E-state index in [1.165, 1.54) is 0 Å². The van der Waals surface area contributed by atoms with Crippen molar-refractivity contribution < 1.29 is 57.5 Å². The lowest BCUT2D eigenvalue weighted by atomic mass is 9.98. The predicted molar refractivity (Wildman–Crippen MR) is 406 cm³/mol. The molecule has 0 radical (unpaired) electrons. The number of nitrogens with zero attached hydrogens (tertiary/aromatic N) is 7. The van der Waals surface area contributed by atoms with Crippen molar-refractivity contribution in [2.24, 2.45) is 29.6 Å². The molecule has 558 valence electrons. The molecule has 1 N–H and O–H groups in total. The standard InChI is InChI=1S/C22H26N4OS.C22H30N2O3.C16H24BrNO2.C10H20O3.C10H18O3/c1-16(7-11-21-25-14-19(28-3)15-26-21)6-9-18-10-8-17(13-24-18)20-5-4-12-23-22(20)27-2;1-16(9-13-20(25)27-22(2,3)4)8-11-18-12-10-17(15-24-18)19-7-6-14-23-21(19)26-5;1-12(6-10-15(19)20-16(2,3)4)5-8-14-9-7-13(17)11-18-14;2*1-8(7-11)5-6-9(12)13-10(2,3)4/h4-5,8,10,12-16H,6-7,9,11H2,1-3H3;6-7,10,12,14-16H,8-9,11,13H2,1-5H3;7,9,11-12H,5-6,8,10H2,1-4H3;8,11H,5-7H2,1-4H3;7-8H,5-6H2,1-4H3. The summed E-state index contributed by atoms with van der Waals surface area (Å²) in [4.78, 5) is 88.0. The Labute approximate surface area is 616 Å². The van der Waals surface area contributed by atoms with Gasteiger partial charge in [-0.15, -0.1) is 11.8 Å². The maximum atomic E-state index is 11.8. The second kappa shape index (κ2) is 47.1. The van der Waals surface area contributed by atoms with Gasteiger partial charge in [0.2, 0.25) is 11.8 Å². The molecule has 0 amide bonds. The molecule has 101 heavy (non-hydrogen) atoms. The third kappa shape index (κ3) is 43.4. The number of aliphatic hydroxyl groups is 1. The first kappa shape index (κ1) is 89.9. The van der Waals surface area contributed by atoms with Gasteiger partial charge < -0.3 is 38.3 Å². The zero-order valence-corrected chi connectivity index (χ0v) is 66.6. The number of aliphatic hydroxyl groups excluding tert-OH is 1. The van der Waals surface area contributed by atoms with Gasteiger partial charge in [0, 0.05) is 137 Å². The lowest BCUT2D eigenvalue weighted by Gasteiger charge is -2.20. The summed E-state index contributed by atoms with van der Waals surface area (Å²) in [5, 5.41) is 8.73. The molecule has 6 heterocycles. The van der Waals surface area contributed by atoms with Gasteiger partial charge >= 0.3 is 23.9 Å². The number of rotatable bonds is 31. The number of hydrogen-bond donors (Lipinski definition) is 1. The van der Waals surface area contributed by atoms with Crippen LogP contribution in [0.1, 0.15) is 218 Å². The molecule has 0 aromatic carbocycles. The zero-order chi connectivity index (χ0) is 75.8. The number of aromatic nitrogens is 7. The van der Waals surface area contributed by atoms with Crippen LogP contribution in [-0.4, -0.2) is 120 Å². The van der Waals surface area contributed by atoms with Crippen molar-refractivity contribution >= 4 is 57.9 Å². The van der Waals surface area contributed by atoms with E-state index in [-0.39, 0.29) is 47.9 Å². The quantitative estimate of drug-likeness (QED) is 0.0184. The number of carbonyl (C=O) groups excluding carboxylic acids is 5. The van der Waals surface area contributed by atoms with Crippen molar-refractivity contribution in [2.75, 3.05) is 27.1 Å². The van der Waals surface area contributed by atoms with Gasteiger partial charge in [0.1, 0.15) is 34.5 Å². The molecular weight excluding hydrogens is 1360 g/mol. The van der Waals surface area contributed by atoms with Crippen LogP contribution in [0, 0.1) is 29.6 Å². The van der Waals surface area contributed by atoms with Gasteiger partial charge in [0.25, 0.3) is 0 Å². The molecule has 6 rings (SSSR count). The summed E-state index contributed by atoms with van der Waals surface area (Å²) in [6, 6.07) is 20.1. The number of aryl methyl sites for hydroxylation is 4. The summed E-state index contributed by atoms with van der Waals surface area (Å²) < 4.78 is 32.5. The van der Waals surface area contributed by atoms with Gasteiger partial charge in [-0.3, -0.25) is 34.1 Å². The van der Waals surface area contributed by atoms with Crippen LogP contribution < -0.4 is 9.47 Å². The summed E-state index contributed by atoms with van der Waals surface area (Å²) in [5.74, 6) is 3.15. The van der Waals surface area contributed by atoms with Crippen molar-refractivity contribution in [1.82, 2.24) is 34.9 Å². The number of methoxy groups -OCH3 is 2. The molecule has 0 saturated heterocycles. The van der Waals surface area contributed by atoms with E-state index in [0.29, 0.717) is 68.0 Å². The van der Waals surface area contributed by atoms with Gasteiger partial charge in [0.05, 0.1) is 14.2 Å². The van der Waals surface area contributed by atoms with E-state index in [1.807, 2.05) is 176 Å². The Bertz CT molecular complexity index is 3320. The van der Waals surface area contributed by atoms with Crippen LogP contribution in [0.15, 0.2) is 113 Å². The minimum atomic E-state index is -0.429. The van der Waals surface area contributed by atoms with Gasteiger partial charge in [-0.2, -0.15) is 0 Å². The van der Waals surface area contributed by atoms with Crippen LogP contribution in [-0.2, 0) is 68.6 Å². The highest BCUT2D eigenvalue weighted by atomic mass is 79.9. The lowest BCUT2D eigenvalue weighted by molar-refractivity contribution is -0.156. The molecule has 5 unspecified atom stereocenters. The molecule has 0 aliphatic carbocycles. The molecule has 0 fully saturated rings. The van der Waals surface area contributed by atoms with E-state index in [4.69, 9.17) is 33.5 Å². The SMILES string of the molecule is CC(C=O)CCC(=O)OC(C)(C)C.CC(CCC(=O)OC(C)(C)C)CCc1ccc(Br)cn1.CC(CO)CCC(=O)OC(C)(C)C.COc1ncccc1-c1ccc(CCC(C)CCC(=O)OC(C)(C)C)nc1.COc1ncccc1-c1ccc(CCC(C)CCc2ncc(SC)cn2)nc1. The first-order valence-corrected chi connectivity index (χ1v) is 37.2. The number of thioether (sulfide) groups is 1. The minimum Gasteiger partial charge on any atom is -0.481 e. The third-order valence-corrected chi connectivity index (χ3v) is 16.1. The summed E-state index contributed by atoms with van der Waals surface area (Å²) >= 11 is 5.04. The highest BCUT2D eigenvalue weighted by Gasteiger charge is 2.21. The van der Waals surface area contributed by atoms with Crippen molar-refractivity contribution in [3.8, 4) is 34.0 Å².